The van der Waals surface area contributed by atoms with Crippen LogP contribution in [0.2, 0.25) is 5.02 Å². The number of anilines is 1. The fraction of sp³-hybridized carbons (Fsp3) is 0.455. The van der Waals surface area contributed by atoms with Crippen molar-refractivity contribution in [3.63, 3.8) is 0 Å². The van der Waals surface area contributed by atoms with Crippen LogP contribution < -0.4 is 10.6 Å². The third-order valence-corrected chi connectivity index (χ3v) is 3.23. The van der Waals surface area contributed by atoms with Gasteiger partial charge in [0.05, 0.1) is 11.1 Å². The van der Waals surface area contributed by atoms with Gasteiger partial charge in [-0.1, -0.05) is 11.6 Å². The number of primary amides is 1. The molecule has 0 aliphatic carbocycles. The van der Waals surface area contributed by atoms with Crippen molar-refractivity contribution in [2.75, 3.05) is 18.6 Å². The van der Waals surface area contributed by atoms with E-state index in [9.17, 15) is 4.79 Å². The molecule has 0 radical (unpaired) electrons. The summed E-state index contributed by atoms with van der Waals surface area (Å²) in [6.45, 7) is 0.570. The fourth-order valence-corrected chi connectivity index (χ4v) is 2.29. The maximum atomic E-state index is 11.4. The molecular weight excluding hydrogens is 242 g/mol. The van der Waals surface area contributed by atoms with Gasteiger partial charge in [0.1, 0.15) is 11.9 Å². The first-order valence-electron chi connectivity index (χ1n) is 5.32. The molecule has 0 saturated carbocycles. The number of aromatic nitrogens is 1. The van der Waals surface area contributed by atoms with E-state index in [4.69, 9.17) is 22.1 Å². The lowest BCUT2D eigenvalue weighted by atomic mass is 10.2. The third-order valence-electron chi connectivity index (χ3n) is 2.94. The predicted octanol–water partition coefficient (Wildman–Crippen LogP) is 0.814. The van der Waals surface area contributed by atoms with Gasteiger partial charge in [-0.3, -0.25) is 4.79 Å². The molecule has 1 aliphatic heterocycles. The Morgan fingerprint density at radius 1 is 1.71 bits per heavy atom. The summed E-state index contributed by atoms with van der Waals surface area (Å²) in [5.74, 6) is 0.198. The van der Waals surface area contributed by atoms with E-state index in [-0.39, 0.29) is 12.0 Å². The molecule has 2 N–H and O–H groups in total. The number of rotatable bonds is 3. The summed E-state index contributed by atoms with van der Waals surface area (Å²) >= 11 is 6.07. The highest BCUT2D eigenvalue weighted by Gasteiger charge is 2.37. The van der Waals surface area contributed by atoms with Crippen LogP contribution in [-0.4, -0.2) is 36.7 Å². The Kier molecular flexibility index (Phi) is 3.49. The SMILES string of the molecule is CO[C@H]1C[C@@H](C(N)=O)N(c2ncccc2Cl)C1. The van der Waals surface area contributed by atoms with Crippen molar-refractivity contribution in [3.8, 4) is 0 Å². The second kappa shape index (κ2) is 4.89. The average Bonchev–Trinajstić information content (AvgIpc) is 2.73. The quantitative estimate of drug-likeness (QED) is 0.868. The number of amides is 1. The first kappa shape index (κ1) is 12.1. The van der Waals surface area contributed by atoms with Gasteiger partial charge in [0.15, 0.2) is 0 Å². The molecule has 2 heterocycles. The summed E-state index contributed by atoms with van der Waals surface area (Å²) in [4.78, 5) is 17.4. The van der Waals surface area contributed by atoms with Crippen molar-refractivity contribution in [1.29, 1.82) is 0 Å². The zero-order valence-corrected chi connectivity index (χ0v) is 10.2. The molecule has 0 aromatic carbocycles. The van der Waals surface area contributed by atoms with Gasteiger partial charge in [0.25, 0.3) is 0 Å². The van der Waals surface area contributed by atoms with Crippen molar-refractivity contribution in [2.45, 2.75) is 18.6 Å². The number of halogens is 1. The number of hydrogen-bond acceptors (Lipinski definition) is 4. The van der Waals surface area contributed by atoms with Crippen molar-refractivity contribution in [3.05, 3.63) is 23.4 Å². The van der Waals surface area contributed by atoms with Crippen LogP contribution in [0.15, 0.2) is 18.3 Å². The fourth-order valence-electron chi connectivity index (χ4n) is 2.06. The lowest BCUT2D eigenvalue weighted by Crippen LogP contribution is -2.40. The normalized spacial score (nSPS) is 24.0. The molecule has 1 fully saturated rings. The maximum Gasteiger partial charge on any atom is 0.240 e. The molecule has 92 valence electrons. The third kappa shape index (κ3) is 2.35. The van der Waals surface area contributed by atoms with Gasteiger partial charge in [-0.15, -0.1) is 0 Å². The molecule has 1 saturated heterocycles. The van der Waals surface area contributed by atoms with Crippen molar-refractivity contribution >= 4 is 23.3 Å². The zero-order valence-electron chi connectivity index (χ0n) is 9.47. The Morgan fingerprint density at radius 2 is 2.47 bits per heavy atom. The number of hydrogen-bond donors (Lipinski definition) is 1. The van der Waals surface area contributed by atoms with Crippen LogP contribution >= 0.6 is 11.6 Å². The molecule has 2 atom stereocenters. The number of nitrogens with zero attached hydrogens (tertiary/aromatic N) is 2. The Hall–Kier alpha value is -1.33. The Morgan fingerprint density at radius 3 is 3.06 bits per heavy atom. The van der Waals surface area contributed by atoms with Crippen LogP contribution in [0, 0.1) is 0 Å². The number of methoxy groups -OCH3 is 1. The second-order valence-electron chi connectivity index (χ2n) is 3.97. The maximum absolute atomic E-state index is 11.4. The van der Waals surface area contributed by atoms with Crippen LogP contribution in [0.4, 0.5) is 5.82 Å². The molecule has 1 aliphatic rings. The topological polar surface area (TPSA) is 68.5 Å². The summed E-state index contributed by atoms with van der Waals surface area (Å²) < 4.78 is 5.26. The van der Waals surface area contributed by atoms with E-state index in [1.54, 1.807) is 30.3 Å². The van der Waals surface area contributed by atoms with E-state index in [1.807, 2.05) is 0 Å². The minimum Gasteiger partial charge on any atom is -0.380 e. The first-order valence-corrected chi connectivity index (χ1v) is 5.70. The Balaban J connectivity index is 2.30. The van der Waals surface area contributed by atoms with E-state index in [2.05, 4.69) is 4.98 Å². The summed E-state index contributed by atoms with van der Waals surface area (Å²) in [6, 6.07) is 3.07. The van der Waals surface area contributed by atoms with Crippen molar-refractivity contribution < 1.29 is 9.53 Å². The Labute approximate surface area is 105 Å². The van der Waals surface area contributed by atoms with Gasteiger partial charge < -0.3 is 15.4 Å². The molecule has 1 aromatic heterocycles. The lowest BCUT2D eigenvalue weighted by Gasteiger charge is -2.23. The van der Waals surface area contributed by atoms with Crippen LogP contribution in [0.1, 0.15) is 6.42 Å². The monoisotopic (exact) mass is 255 g/mol. The molecule has 17 heavy (non-hydrogen) atoms. The van der Waals surface area contributed by atoms with Crippen LogP contribution in [0.5, 0.6) is 0 Å². The van der Waals surface area contributed by atoms with Gasteiger partial charge in [-0.25, -0.2) is 4.98 Å². The minimum absolute atomic E-state index is 0.0226. The van der Waals surface area contributed by atoms with Crippen molar-refractivity contribution in [1.82, 2.24) is 4.98 Å². The number of carbonyl (C=O) groups is 1. The standard InChI is InChI=1S/C11H14ClN3O2/c1-17-7-5-9(10(13)16)15(6-7)11-8(12)3-2-4-14-11/h2-4,7,9H,5-6H2,1H3,(H2,13,16)/t7-,9-/m0/s1. The molecule has 6 heteroatoms. The summed E-state index contributed by atoms with van der Waals surface area (Å²) in [6.07, 6.45) is 2.18. The van der Waals surface area contributed by atoms with E-state index in [1.165, 1.54) is 0 Å². The number of pyridine rings is 1. The van der Waals surface area contributed by atoms with E-state index in [0.29, 0.717) is 23.8 Å². The molecule has 2 rings (SSSR count). The molecule has 1 aromatic rings. The van der Waals surface area contributed by atoms with Gasteiger partial charge in [-0.05, 0) is 12.1 Å². The Bertz CT molecular complexity index is 427. The largest absolute Gasteiger partial charge is 0.380 e. The van der Waals surface area contributed by atoms with Crippen LogP contribution in [-0.2, 0) is 9.53 Å². The summed E-state index contributed by atoms with van der Waals surface area (Å²) in [7, 11) is 1.62. The molecule has 0 bridgehead atoms. The smallest absolute Gasteiger partial charge is 0.240 e. The molecule has 5 nitrogen and oxygen atoms in total. The minimum atomic E-state index is -0.410. The number of ether oxygens (including phenoxy) is 1. The van der Waals surface area contributed by atoms with E-state index in [0.717, 1.165) is 0 Å². The zero-order chi connectivity index (χ0) is 12.4. The highest BCUT2D eigenvalue weighted by molar-refractivity contribution is 6.33. The molecule has 0 unspecified atom stereocenters. The molecular formula is C11H14ClN3O2. The lowest BCUT2D eigenvalue weighted by molar-refractivity contribution is -0.119. The highest BCUT2D eigenvalue weighted by Crippen LogP contribution is 2.30. The summed E-state index contributed by atoms with van der Waals surface area (Å²) in [5.41, 5.74) is 5.39. The summed E-state index contributed by atoms with van der Waals surface area (Å²) in [5, 5.41) is 0.510. The van der Waals surface area contributed by atoms with Gasteiger partial charge >= 0.3 is 0 Å². The van der Waals surface area contributed by atoms with E-state index < -0.39 is 6.04 Å². The number of nitrogens with two attached hydrogens (primary N) is 1. The van der Waals surface area contributed by atoms with Crippen molar-refractivity contribution in [2.24, 2.45) is 5.73 Å². The van der Waals surface area contributed by atoms with Crippen LogP contribution in [0.25, 0.3) is 0 Å². The second-order valence-corrected chi connectivity index (χ2v) is 4.38. The highest BCUT2D eigenvalue weighted by atomic mass is 35.5. The molecule has 1 amide bonds. The van der Waals surface area contributed by atoms with Gasteiger partial charge in [-0.2, -0.15) is 0 Å². The number of carbonyl (C=O) groups excluding carboxylic acids is 1. The van der Waals surface area contributed by atoms with E-state index >= 15 is 0 Å². The first-order chi connectivity index (χ1) is 8.13. The average molecular weight is 256 g/mol. The van der Waals surface area contributed by atoms with Crippen LogP contribution in [0.3, 0.4) is 0 Å². The van der Waals surface area contributed by atoms with Gasteiger partial charge in [0.2, 0.25) is 5.91 Å². The predicted molar refractivity (Wildman–Crippen MR) is 65.0 cm³/mol. The van der Waals surface area contributed by atoms with Gasteiger partial charge in [0, 0.05) is 26.3 Å². The molecule has 0 spiro atoms.